The first-order valence-electron chi connectivity index (χ1n) is 6.04. The first-order valence-corrected chi connectivity index (χ1v) is 6.04. The van der Waals surface area contributed by atoms with Crippen LogP contribution in [-0.4, -0.2) is 22.2 Å². The molecule has 0 aliphatic heterocycles. The fraction of sp³-hybridized carbons (Fsp3) is 0.143. The average molecular weight is 271 g/mol. The van der Waals surface area contributed by atoms with Crippen LogP contribution >= 0.6 is 0 Å². The van der Waals surface area contributed by atoms with E-state index in [0.717, 1.165) is 5.56 Å². The van der Waals surface area contributed by atoms with Gasteiger partial charge in [-0.15, -0.1) is 0 Å². The van der Waals surface area contributed by atoms with Crippen molar-refractivity contribution in [3.05, 3.63) is 69.9 Å². The SMILES string of the molecule is O=C(C[N+](=O)[O-])c1cccnc1NCc1ccccc1. The van der Waals surface area contributed by atoms with E-state index in [4.69, 9.17) is 0 Å². The highest BCUT2D eigenvalue weighted by Gasteiger charge is 2.17. The number of rotatable bonds is 6. The minimum atomic E-state index is -0.730. The lowest BCUT2D eigenvalue weighted by atomic mass is 10.1. The number of Topliss-reactive ketones (excluding diaryl/α,β-unsaturated/α-hetero) is 1. The van der Waals surface area contributed by atoms with Gasteiger partial charge in [0.15, 0.2) is 0 Å². The topological polar surface area (TPSA) is 85.1 Å². The van der Waals surface area contributed by atoms with E-state index in [9.17, 15) is 14.9 Å². The van der Waals surface area contributed by atoms with E-state index in [1.54, 1.807) is 6.07 Å². The average Bonchev–Trinajstić information content (AvgIpc) is 2.46. The summed E-state index contributed by atoms with van der Waals surface area (Å²) in [6, 6.07) is 12.7. The lowest BCUT2D eigenvalue weighted by molar-refractivity contribution is -0.465. The second-order valence-electron chi connectivity index (χ2n) is 4.15. The van der Waals surface area contributed by atoms with Crippen LogP contribution < -0.4 is 5.32 Å². The Morgan fingerprint density at radius 3 is 2.65 bits per heavy atom. The Morgan fingerprint density at radius 1 is 1.20 bits per heavy atom. The predicted octanol–water partition coefficient (Wildman–Crippen LogP) is 2.15. The van der Waals surface area contributed by atoms with E-state index in [1.807, 2.05) is 30.3 Å². The smallest absolute Gasteiger partial charge is 0.265 e. The molecule has 0 spiro atoms. The van der Waals surface area contributed by atoms with Gasteiger partial charge < -0.3 is 5.32 Å². The number of ketones is 1. The number of nitrogens with one attached hydrogen (secondary N) is 1. The van der Waals surface area contributed by atoms with Crippen LogP contribution in [0.25, 0.3) is 0 Å². The zero-order valence-corrected chi connectivity index (χ0v) is 10.7. The van der Waals surface area contributed by atoms with Crippen molar-refractivity contribution in [1.82, 2.24) is 4.98 Å². The van der Waals surface area contributed by atoms with Gasteiger partial charge in [0.05, 0.1) is 5.56 Å². The maximum Gasteiger partial charge on any atom is 0.265 e. The normalized spacial score (nSPS) is 10.0. The summed E-state index contributed by atoms with van der Waals surface area (Å²) in [5.41, 5.74) is 1.27. The summed E-state index contributed by atoms with van der Waals surface area (Å²) in [5, 5.41) is 13.4. The summed E-state index contributed by atoms with van der Waals surface area (Å²) in [6.07, 6.45) is 1.54. The number of carbonyl (C=O) groups excluding carboxylic acids is 1. The van der Waals surface area contributed by atoms with Crippen LogP contribution in [0, 0.1) is 10.1 Å². The van der Waals surface area contributed by atoms with Crippen molar-refractivity contribution < 1.29 is 9.72 Å². The van der Waals surface area contributed by atoms with Crippen molar-refractivity contribution in [2.75, 3.05) is 11.9 Å². The first kappa shape index (κ1) is 13.7. The Kier molecular flexibility index (Phi) is 4.39. The third-order valence-corrected chi connectivity index (χ3v) is 2.68. The predicted molar refractivity (Wildman–Crippen MR) is 74.2 cm³/mol. The summed E-state index contributed by atoms with van der Waals surface area (Å²) < 4.78 is 0. The Bertz CT molecular complexity index is 614. The molecule has 0 unspecified atom stereocenters. The van der Waals surface area contributed by atoms with E-state index in [-0.39, 0.29) is 5.56 Å². The Morgan fingerprint density at radius 2 is 1.95 bits per heavy atom. The van der Waals surface area contributed by atoms with E-state index in [0.29, 0.717) is 12.4 Å². The number of anilines is 1. The molecule has 0 atom stereocenters. The molecular formula is C14H13N3O3. The van der Waals surface area contributed by atoms with Crippen molar-refractivity contribution in [2.24, 2.45) is 0 Å². The minimum Gasteiger partial charge on any atom is -0.365 e. The van der Waals surface area contributed by atoms with Gasteiger partial charge in [-0.05, 0) is 17.7 Å². The van der Waals surface area contributed by atoms with Gasteiger partial charge in [0.2, 0.25) is 5.78 Å². The molecule has 1 N–H and O–H groups in total. The molecule has 102 valence electrons. The second-order valence-corrected chi connectivity index (χ2v) is 4.15. The maximum absolute atomic E-state index is 11.8. The summed E-state index contributed by atoms with van der Waals surface area (Å²) in [4.78, 5) is 25.6. The fourth-order valence-electron chi connectivity index (χ4n) is 1.76. The molecule has 1 aromatic heterocycles. The molecule has 0 aliphatic rings. The third-order valence-electron chi connectivity index (χ3n) is 2.68. The molecule has 0 aliphatic carbocycles. The molecule has 2 aromatic rings. The molecule has 20 heavy (non-hydrogen) atoms. The zero-order valence-electron chi connectivity index (χ0n) is 10.7. The number of hydrogen-bond acceptors (Lipinski definition) is 5. The standard InChI is InChI=1S/C14H13N3O3/c18-13(10-17(19)20)12-7-4-8-15-14(12)16-9-11-5-2-1-3-6-11/h1-8H,9-10H2,(H,15,16). The van der Waals surface area contributed by atoms with Crippen LogP contribution in [0.4, 0.5) is 5.82 Å². The van der Waals surface area contributed by atoms with E-state index >= 15 is 0 Å². The Balaban J connectivity index is 2.12. The number of hydrogen-bond donors (Lipinski definition) is 1. The molecule has 0 amide bonds. The van der Waals surface area contributed by atoms with E-state index in [2.05, 4.69) is 10.3 Å². The number of benzene rings is 1. The number of carbonyl (C=O) groups is 1. The van der Waals surface area contributed by atoms with Gasteiger partial charge >= 0.3 is 0 Å². The highest BCUT2D eigenvalue weighted by Crippen LogP contribution is 2.13. The number of aromatic nitrogens is 1. The van der Waals surface area contributed by atoms with Crippen molar-refractivity contribution >= 4 is 11.6 Å². The van der Waals surface area contributed by atoms with Crippen LogP contribution in [0.5, 0.6) is 0 Å². The van der Waals surface area contributed by atoms with Gasteiger partial charge in [0.1, 0.15) is 5.82 Å². The highest BCUT2D eigenvalue weighted by atomic mass is 16.6. The molecule has 0 fully saturated rings. The summed E-state index contributed by atoms with van der Waals surface area (Å²) in [7, 11) is 0. The lowest BCUT2D eigenvalue weighted by Crippen LogP contribution is -2.16. The highest BCUT2D eigenvalue weighted by molar-refractivity contribution is 6.01. The fourth-order valence-corrected chi connectivity index (χ4v) is 1.76. The van der Waals surface area contributed by atoms with Crippen LogP contribution in [0.1, 0.15) is 15.9 Å². The molecular weight excluding hydrogens is 258 g/mol. The Hall–Kier alpha value is -2.76. The first-order chi connectivity index (χ1) is 9.66. The molecule has 0 saturated heterocycles. The van der Waals surface area contributed by atoms with E-state index in [1.165, 1.54) is 12.3 Å². The second kappa shape index (κ2) is 6.42. The molecule has 1 heterocycles. The van der Waals surface area contributed by atoms with Gasteiger partial charge in [0, 0.05) is 17.7 Å². The number of nitro groups is 1. The number of nitrogens with zero attached hydrogens (tertiary/aromatic N) is 2. The van der Waals surface area contributed by atoms with Gasteiger partial charge in [-0.1, -0.05) is 30.3 Å². The summed E-state index contributed by atoms with van der Waals surface area (Å²) >= 11 is 0. The zero-order chi connectivity index (χ0) is 14.4. The molecule has 0 saturated carbocycles. The number of pyridine rings is 1. The van der Waals surface area contributed by atoms with Gasteiger partial charge in [0.25, 0.3) is 6.54 Å². The summed E-state index contributed by atoms with van der Waals surface area (Å²) in [6.45, 7) is -0.234. The van der Waals surface area contributed by atoms with Crippen molar-refractivity contribution in [3.63, 3.8) is 0 Å². The monoisotopic (exact) mass is 271 g/mol. The molecule has 1 aromatic carbocycles. The Labute approximate surface area is 115 Å². The maximum atomic E-state index is 11.8. The van der Waals surface area contributed by atoms with E-state index < -0.39 is 17.3 Å². The molecule has 6 nitrogen and oxygen atoms in total. The molecule has 0 radical (unpaired) electrons. The van der Waals surface area contributed by atoms with Gasteiger partial charge in [-0.2, -0.15) is 0 Å². The molecule has 6 heteroatoms. The van der Waals surface area contributed by atoms with Crippen LogP contribution in [0.3, 0.4) is 0 Å². The quantitative estimate of drug-likeness (QED) is 0.494. The lowest BCUT2D eigenvalue weighted by Gasteiger charge is -2.08. The molecule has 0 bridgehead atoms. The molecule has 2 rings (SSSR count). The van der Waals surface area contributed by atoms with Crippen LogP contribution in [0.15, 0.2) is 48.7 Å². The van der Waals surface area contributed by atoms with Crippen molar-refractivity contribution in [2.45, 2.75) is 6.54 Å². The van der Waals surface area contributed by atoms with Gasteiger partial charge in [-0.3, -0.25) is 14.9 Å². The largest absolute Gasteiger partial charge is 0.365 e. The minimum absolute atomic E-state index is 0.236. The summed E-state index contributed by atoms with van der Waals surface area (Å²) in [5.74, 6) is -0.193. The van der Waals surface area contributed by atoms with Crippen molar-refractivity contribution in [3.8, 4) is 0 Å². The third kappa shape index (κ3) is 3.61. The van der Waals surface area contributed by atoms with Crippen molar-refractivity contribution in [1.29, 1.82) is 0 Å². The van der Waals surface area contributed by atoms with Gasteiger partial charge in [-0.25, -0.2) is 4.98 Å². The van der Waals surface area contributed by atoms with Crippen LogP contribution in [-0.2, 0) is 6.54 Å². The van der Waals surface area contributed by atoms with Crippen LogP contribution in [0.2, 0.25) is 0 Å².